The van der Waals surface area contributed by atoms with Crippen LogP contribution < -0.4 is 5.73 Å². The van der Waals surface area contributed by atoms with Gasteiger partial charge in [0.15, 0.2) is 0 Å². The number of hydrogen-bond donors (Lipinski definition) is 1. The summed E-state index contributed by atoms with van der Waals surface area (Å²) in [5.74, 6) is -0.465. The minimum atomic E-state index is -3.71. The molecule has 0 saturated carbocycles. The molecule has 0 heterocycles. The number of benzene rings is 1. The summed E-state index contributed by atoms with van der Waals surface area (Å²) in [5.41, 5.74) is 5.79. The number of rotatable bonds is 6. The van der Waals surface area contributed by atoms with Crippen LogP contribution in [0.1, 0.15) is 18.9 Å². The van der Waals surface area contributed by atoms with Gasteiger partial charge in [-0.05, 0) is 37.1 Å². The van der Waals surface area contributed by atoms with Crippen LogP contribution in [0.25, 0.3) is 0 Å². The van der Waals surface area contributed by atoms with Crippen molar-refractivity contribution in [3.05, 3.63) is 29.6 Å². The van der Waals surface area contributed by atoms with E-state index in [9.17, 15) is 12.8 Å². The molecule has 0 aliphatic carbocycles. The van der Waals surface area contributed by atoms with Crippen LogP contribution in [-0.4, -0.2) is 30.8 Å². The Bertz CT molecular complexity index is 573. The Labute approximate surface area is 118 Å². The second kappa shape index (κ2) is 6.40. The lowest BCUT2D eigenvalue weighted by Crippen LogP contribution is -2.38. The Kier molecular flexibility index (Phi) is 5.39. The molecule has 1 aromatic rings. The van der Waals surface area contributed by atoms with Crippen molar-refractivity contribution in [1.29, 1.82) is 0 Å². The maximum atomic E-state index is 13.0. The summed E-state index contributed by atoms with van der Waals surface area (Å²) in [5, 5.41) is 0. The van der Waals surface area contributed by atoms with Crippen molar-refractivity contribution in [2.45, 2.75) is 25.2 Å². The molecule has 2 N–H and O–H groups in total. The van der Waals surface area contributed by atoms with Gasteiger partial charge in [-0.2, -0.15) is 4.31 Å². The fourth-order valence-electron chi connectivity index (χ4n) is 1.75. The third-order valence-electron chi connectivity index (χ3n) is 2.56. The highest BCUT2D eigenvalue weighted by molar-refractivity contribution is 7.89. The van der Waals surface area contributed by atoms with E-state index in [0.717, 1.165) is 6.07 Å². The Balaban J connectivity index is 3.22. The van der Waals surface area contributed by atoms with Crippen molar-refractivity contribution < 1.29 is 12.8 Å². The number of thiocarbonyl (C=S) groups is 1. The summed E-state index contributed by atoms with van der Waals surface area (Å²) >= 11 is 4.77. The molecule has 0 unspecified atom stereocenters. The molecule has 0 bridgehead atoms. The summed E-state index contributed by atoms with van der Waals surface area (Å²) < 4.78 is 39.2. The molecule has 0 aliphatic rings. The molecule has 0 aliphatic heterocycles. The lowest BCUT2D eigenvalue weighted by atomic mass is 10.2. The zero-order chi connectivity index (χ0) is 14.6. The molecule has 1 aromatic carbocycles. The lowest BCUT2D eigenvalue weighted by Gasteiger charge is -2.22. The Morgan fingerprint density at radius 1 is 1.47 bits per heavy atom. The summed E-state index contributed by atoms with van der Waals surface area (Å²) in [6, 6.07) is 3.59. The largest absolute Gasteiger partial charge is 0.392 e. The molecule has 106 valence electrons. The monoisotopic (exact) mass is 304 g/mol. The predicted molar refractivity (Wildman–Crippen MR) is 77.0 cm³/mol. The van der Waals surface area contributed by atoms with Gasteiger partial charge in [0.1, 0.15) is 5.82 Å². The van der Waals surface area contributed by atoms with Crippen LogP contribution in [0.3, 0.4) is 0 Å². The smallest absolute Gasteiger partial charge is 0.243 e. The molecular formula is C12H17FN2O2S2. The number of aryl methyl sites for hydroxylation is 1. The third-order valence-corrected chi connectivity index (χ3v) is 4.69. The van der Waals surface area contributed by atoms with E-state index in [2.05, 4.69) is 0 Å². The van der Waals surface area contributed by atoms with Gasteiger partial charge in [-0.25, -0.2) is 12.8 Å². The van der Waals surface area contributed by atoms with E-state index < -0.39 is 15.8 Å². The molecule has 0 amide bonds. The van der Waals surface area contributed by atoms with E-state index in [-0.39, 0.29) is 16.4 Å². The van der Waals surface area contributed by atoms with Crippen molar-refractivity contribution in [2.75, 3.05) is 13.1 Å². The highest BCUT2D eigenvalue weighted by Crippen LogP contribution is 2.20. The number of nitrogens with two attached hydrogens (primary N) is 1. The maximum Gasteiger partial charge on any atom is 0.243 e. The molecule has 0 aromatic heterocycles. The van der Waals surface area contributed by atoms with E-state index >= 15 is 0 Å². The van der Waals surface area contributed by atoms with E-state index in [4.69, 9.17) is 18.0 Å². The number of hydrogen-bond acceptors (Lipinski definition) is 3. The first kappa shape index (κ1) is 16.0. The van der Waals surface area contributed by atoms with E-state index in [1.807, 2.05) is 6.92 Å². The van der Waals surface area contributed by atoms with Crippen LogP contribution in [0.5, 0.6) is 0 Å². The number of nitrogens with zero attached hydrogens (tertiary/aromatic N) is 1. The molecule has 19 heavy (non-hydrogen) atoms. The first-order chi connectivity index (χ1) is 8.78. The van der Waals surface area contributed by atoms with Crippen LogP contribution in [-0.2, 0) is 10.0 Å². The second-order valence-corrected chi connectivity index (χ2v) is 6.65. The summed E-state index contributed by atoms with van der Waals surface area (Å²) in [6.07, 6.45) is 0.641. The van der Waals surface area contributed by atoms with Crippen molar-refractivity contribution in [2.24, 2.45) is 5.73 Å². The fourth-order valence-corrected chi connectivity index (χ4v) is 3.70. The van der Waals surface area contributed by atoms with Crippen molar-refractivity contribution in [1.82, 2.24) is 4.31 Å². The Morgan fingerprint density at radius 2 is 2.11 bits per heavy atom. The molecule has 0 spiro atoms. The van der Waals surface area contributed by atoms with Gasteiger partial charge in [0.05, 0.1) is 16.4 Å². The average Bonchev–Trinajstić information content (AvgIpc) is 2.27. The van der Waals surface area contributed by atoms with Gasteiger partial charge in [0.2, 0.25) is 10.0 Å². The highest BCUT2D eigenvalue weighted by Gasteiger charge is 2.25. The predicted octanol–water partition coefficient (Wildman–Crippen LogP) is 1.82. The maximum absolute atomic E-state index is 13.0. The zero-order valence-corrected chi connectivity index (χ0v) is 12.5. The minimum Gasteiger partial charge on any atom is -0.392 e. The van der Waals surface area contributed by atoms with Crippen LogP contribution >= 0.6 is 12.2 Å². The highest BCUT2D eigenvalue weighted by atomic mass is 32.2. The Morgan fingerprint density at radius 3 is 2.58 bits per heavy atom. The lowest BCUT2D eigenvalue weighted by molar-refractivity contribution is 0.449. The quantitative estimate of drug-likeness (QED) is 0.814. The van der Waals surface area contributed by atoms with Crippen LogP contribution in [0.15, 0.2) is 23.1 Å². The van der Waals surface area contributed by atoms with Crippen molar-refractivity contribution in [3.8, 4) is 0 Å². The van der Waals surface area contributed by atoms with Crippen molar-refractivity contribution >= 4 is 27.2 Å². The van der Waals surface area contributed by atoms with Crippen molar-refractivity contribution in [3.63, 3.8) is 0 Å². The first-order valence-electron chi connectivity index (χ1n) is 5.83. The second-order valence-electron chi connectivity index (χ2n) is 4.21. The SMILES string of the molecule is CCCN(CC(N)=S)S(=O)(=O)c1ccc(F)cc1C. The number of sulfonamides is 1. The molecule has 7 heteroatoms. The van der Waals surface area contributed by atoms with Gasteiger partial charge in [-0.1, -0.05) is 19.1 Å². The minimum absolute atomic E-state index is 0.0116. The van der Waals surface area contributed by atoms with Gasteiger partial charge in [0.25, 0.3) is 0 Å². The summed E-state index contributed by atoms with van der Waals surface area (Å²) in [6.45, 7) is 3.72. The van der Waals surface area contributed by atoms with Crippen LogP contribution in [0, 0.1) is 12.7 Å². The molecule has 1 rings (SSSR count). The third kappa shape index (κ3) is 3.95. The molecular weight excluding hydrogens is 287 g/mol. The topological polar surface area (TPSA) is 63.4 Å². The zero-order valence-electron chi connectivity index (χ0n) is 10.9. The molecule has 4 nitrogen and oxygen atoms in total. The Hall–Kier alpha value is -1.05. The van der Waals surface area contributed by atoms with Crippen LogP contribution in [0.4, 0.5) is 4.39 Å². The normalized spacial score (nSPS) is 11.8. The van der Waals surface area contributed by atoms with Gasteiger partial charge in [0, 0.05) is 6.54 Å². The summed E-state index contributed by atoms with van der Waals surface area (Å²) in [7, 11) is -3.71. The van der Waals surface area contributed by atoms with Gasteiger partial charge >= 0.3 is 0 Å². The van der Waals surface area contributed by atoms with Gasteiger partial charge in [-0.3, -0.25) is 0 Å². The molecule has 0 radical (unpaired) electrons. The molecule has 0 fully saturated rings. The fraction of sp³-hybridized carbons (Fsp3) is 0.417. The standard InChI is InChI=1S/C12H17FN2O2S2/c1-3-6-15(8-12(14)18)19(16,17)11-5-4-10(13)7-9(11)2/h4-5,7H,3,6,8H2,1-2H3,(H2,14,18). The number of halogens is 1. The summed E-state index contributed by atoms with van der Waals surface area (Å²) in [4.78, 5) is 0.190. The first-order valence-corrected chi connectivity index (χ1v) is 7.68. The van der Waals surface area contributed by atoms with E-state index in [0.29, 0.717) is 18.5 Å². The van der Waals surface area contributed by atoms with Gasteiger partial charge in [-0.15, -0.1) is 0 Å². The molecule has 0 saturated heterocycles. The van der Waals surface area contributed by atoms with E-state index in [1.54, 1.807) is 6.92 Å². The van der Waals surface area contributed by atoms with Crippen LogP contribution in [0.2, 0.25) is 0 Å². The van der Waals surface area contributed by atoms with Gasteiger partial charge < -0.3 is 5.73 Å². The van der Waals surface area contributed by atoms with E-state index in [1.165, 1.54) is 16.4 Å². The average molecular weight is 304 g/mol. The molecule has 0 atom stereocenters.